The predicted molar refractivity (Wildman–Crippen MR) is 166 cm³/mol. The van der Waals surface area contributed by atoms with Crippen molar-refractivity contribution < 1.29 is 19.0 Å². The summed E-state index contributed by atoms with van der Waals surface area (Å²) in [4.78, 5) is 13.6. The van der Waals surface area contributed by atoms with E-state index in [-0.39, 0.29) is 23.7 Å². The van der Waals surface area contributed by atoms with Crippen molar-refractivity contribution in [2.75, 3.05) is 41.6 Å². The molecular weight excluding hydrogens is 536 g/mol. The third kappa shape index (κ3) is 10.5. The summed E-state index contributed by atoms with van der Waals surface area (Å²) >= 11 is 0. The van der Waals surface area contributed by atoms with Crippen molar-refractivity contribution >= 4 is 40.5 Å². The van der Waals surface area contributed by atoms with Gasteiger partial charge in [0.15, 0.2) is 0 Å². The number of nitrogens with one attached hydrogen (secondary N) is 3. The summed E-state index contributed by atoms with van der Waals surface area (Å²) in [5, 5.41) is 20.8. The topological polar surface area (TPSA) is 117 Å². The minimum absolute atomic E-state index is 0. The Bertz CT molecular complexity index is 1040. The molecule has 1 aliphatic heterocycles. The molecule has 1 fully saturated rings. The number of aliphatic hydroxyl groups excluding tert-OH is 1. The van der Waals surface area contributed by atoms with Gasteiger partial charge in [0, 0.05) is 30.9 Å². The average Bonchev–Trinajstić information content (AvgIpc) is 2.86. The number of benzene rings is 2. The van der Waals surface area contributed by atoms with Gasteiger partial charge in [-0.3, -0.25) is 18.2 Å². The molecule has 0 saturated carbocycles. The van der Waals surface area contributed by atoms with Crippen molar-refractivity contribution in [3.05, 3.63) is 59.7 Å². The minimum atomic E-state index is -2.93. The zero-order valence-corrected chi connectivity index (χ0v) is 25.3. The summed E-state index contributed by atoms with van der Waals surface area (Å²) in [5.41, 5.74) is 2.97. The van der Waals surface area contributed by atoms with E-state index < -0.39 is 22.9 Å². The van der Waals surface area contributed by atoms with Crippen molar-refractivity contribution in [2.24, 2.45) is 5.41 Å². The lowest BCUT2D eigenvalue weighted by Gasteiger charge is -2.47. The Kier molecular flexibility index (Phi) is 12.9. The Morgan fingerprint density at radius 2 is 1.82 bits per heavy atom. The summed E-state index contributed by atoms with van der Waals surface area (Å²) in [5.74, 6) is 0.0159. The highest BCUT2D eigenvalue weighted by atomic mass is 35.5. The molecule has 39 heavy (non-hydrogen) atoms. The molecule has 0 aliphatic carbocycles. The molecule has 0 radical (unpaired) electrons. The van der Waals surface area contributed by atoms with Gasteiger partial charge in [0.25, 0.3) is 5.91 Å². The molecule has 1 aliphatic rings. The quantitative estimate of drug-likeness (QED) is 0.182. The van der Waals surface area contributed by atoms with Gasteiger partial charge in [0.05, 0.1) is 23.6 Å². The third-order valence-electron chi connectivity index (χ3n) is 6.72. The SMILES string of the molecule is CCNc1cc(C(=O)N[C@@H](Cc2ccccc2)[C@H](O)CNCCC(C)(C)C)cc(N2CCCCS2(O)O)c1.Cl. The normalized spacial score (nSPS) is 17.5. The molecule has 0 spiro atoms. The maximum atomic E-state index is 13.6. The monoisotopic (exact) mass is 582 g/mol. The van der Waals surface area contributed by atoms with Crippen molar-refractivity contribution in [1.82, 2.24) is 10.6 Å². The van der Waals surface area contributed by atoms with Gasteiger partial charge in [-0.25, -0.2) is 0 Å². The molecule has 10 heteroatoms. The van der Waals surface area contributed by atoms with Crippen LogP contribution in [0.3, 0.4) is 0 Å². The largest absolute Gasteiger partial charge is 0.390 e. The minimum Gasteiger partial charge on any atom is -0.390 e. The first-order valence-corrected chi connectivity index (χ1v) is 15.3. The van der Waals surface area contributed by atoms with Crippen LogP contribution < -0.4 is 20.3 Å². The van der Waals surface area contributed by atoms with Crippen LogP contribution in [0.1, 0.15) is 62.9 Å². The van der Waals surface area contributed by atoms with Crippen molar-refractivity contribution in [3.63, 3.8) is 0 Å². The molecule has 220 valence electrons. The van der Waals surface area contributed by atoms with Crippen LogP contribution in [0.2, 0.25) is 0 Å². The molecule has 0 bridgehead atoms. The number of anilines is 2. The van der Waals surface area contributed by atoms with Gasteiger partial charge in [-0.1, -0.05) is 51.1 Å². The molecule has 2 atom stereocenters. The fourth-order valence-corrected chi connectivity index (χ4v) is 6.23. The lowest BCUT2D eigenvalue weighted by Crippen LogP contribution is -2.49. The molecule has 2 aromatic carbocycles. The number of carbonyl (C=O) groups is 1. The highest BCUT2D eigenvalue weighted by molar-refractivity contribution is 8.25. The fourth-order valence-electron chi connectivity index (χ4n) is 4.56. The lowest BCUT2D eigenvalue weighted by molar-refractivity contribution is 0.0829. The maximum Gasteiger partial charge on any atom is 0.251 e. The second-order valence-corrected chi connectivity index (χ2v) is 13.4. The summed E-state index contributed by atoms with van der Waals surface area (Å²) in [6.45, 7) is 10.9. The summed E-state index contributed by atoms with van der Waals surface area (Å²) in [6.07, 6.45) is 2.30. The Hall–Kier alpha value is -2.01. The average molecular weight is 583 g/mol. The van der Waals surface area contributed by atoms with Crippen LogP contribution in [-0.2, 0) is 6.42 Å². The number of halogens is 1. The van der Waals surface area contributed by atoms with Gasteiger partial charge in [0.1, 0.15) is 0 Å². The maximum absolute atomic E-state index is 13.6. The standard InChI is InChI=1S/C29H46N4O4S.ClH/c1-5-31-24-18-23(19-25(20-24)33-15-9-10-16-38(33,36)37)28(35)32-26(17-22-11-7-6-8-12-22)27(34)21-30-14-13-29(2,3)4;/h6-8,11-12,18-20,26-27,30-31,34,36-37H,5,9-10,13-17,21H2,1-4H3,(H,32,35);1H/t26-,27+;/m0./s1. The smallest absolute Gasteiger partial charge is 0.251 e. The second-order valence-electron chi connectivity index (χ2n) is 11.3. The van der Waals surface area contributed by atoms with Crippen LogP contribution in [-0.4, -0.2) is 64.2 Å². The Morgan fingerprint density at radius 1 is 1.10 bits per heavy atom. The number of hydrogen-bond acceptors (Lipinski definition) is 7. The number of hydrogen-bond donors (Lipinski definition) is 6. The number of nitrogens with zero attached hydrogens (tertiary/aromatic N) is 1. The Labute approximate surface area is 241 Å². The van der Waals surface area contributed by atoms with Crippen molar-refractivity contribution in [3.8, 4) is 0 Å². The second kappa shape index (κ2) is 15.1. The number of amides is 1. The lowest BCUT2D eigenvalue weighted by atomic mass is 9.92. The van der Waals surface area contributed by atoms with Gasteiger partial charge >= 0.3 is 0 Å². The highest BCUT2D eigenvalue weighted by Gasteiger charge is 2.28. The van der Waals surface area contributed by atoms with Gasteiger partial charge in [-0.2, -0.15) is 0 Å². The first kappa shape index (κ1) is 33.2. The zero-order valence-electron chi connectivity index (χ0n) is 23.7. The number of aliphatic hydroxyl groups is 1. The predicted octanol–water partition coefficient (Wildman–Crippen LogP) is 5.53. The van der Waals surface area contributed by atoms with E-state index in [2.05, 4.69) is 36.7 Å². The van der Waals surface area contributed by atoms with Crippen LogP contribution >= 0.6 is 23.2 Å². The number of carbonyl (C=O) groups excluding carboxylic acids is 1. The van der Waals surface area contributed by atoms with Crippen LogP contribution in [0, 0.1) is 5.41 Å². The van der Waals surface area contributed by atoms with E-state index in [0.717, 1.165) is 37.1 Å². The van der Waals surface area contributed by atoms with Gasteiger partial charge in [0.2, 0.25) is 0 Å². The summed E-state index contributed by atoms with van der Waals surface area (Å²) < 4.78 is 23.0. The first-order chi connectivity index (χ1) is 18.0. The Balaban J connectivity index is 0.00000533. The van der Waals surface area contributed by atoms with Crippen LogP contribution in [0.5, 0.6) is 0 Å². The highest BCUT2D eigenvalue weighted by Crippen LogP contribution is 2.50. The Morgan fingerprint density at radius 3 is 2.46 bits per heavy atom. The van der Waals surface area contributed by atoms with E-state index in [1.54, 1.807) is 16.4 Å². The van der Waals surface area contributed by atoms with Crippen molar-refractivity contribution in [2.45, 2.75) is 65.5 Å². The summed E-state index contributed by atoms with van der Waals surface area (Å²) in [7, 11) is -2.93. The molecule has 6 N–H and O–H groups in total. The summed E-state index contributed by atoms with van der Waals surface area (Å²) in [6, 6.07) is 14.7. The van der Waals surface area contributed by atoms with Crippen molar-refractivity contribution in [1.29, 1.82) is 0 Å². The van der Waals surface area contributed by atoms with Gasteiger partial charge in [-0.05, 0) is 68.3 Å². The first-order valence-electron chi connectivity index (χ1n) is 13.6. The van der Waals surface area contributed by atoms with Gasteiger partial charge < -0.3 is 21.1 Å². The van der Waals surface area contributed by atoms with Gasteiger partial charge in [-0.15, -0.1) is 23.2 Å². The molecule has 0 aromatic heterocycles. The number of rotatable bonds is 12. The molecule has 8 nitrogen and oxygen atoms in total. The molecule has 1 heterocycles. The fraction of sp³-hybridized carbons (Fsp3) is 0.552. The molecule has 1 saturated heterocycles. The van der Waals surface area contributed by atoms with Crippen LogP contribution in [0.25, 0.3) is 0 Å². The molecule has 3 rings (SSSR count). The van der Waals surface area contributed by atoms with E-state index in [1.807, 2.05) is 43.3 Å². The molecule has 2 aromatic rings. The van der Waals surface area contributed by atoms with E-state index in [9.17, 15) is 19.0 Å². The van der Waals surface area contributed by atoms with E-state index >= 15 is 0 Å². The van der Waals surface area contributed by atoms with E-state index in [0.29, 0.717) is 43.1 Å². The van der Waals surface area contributed by atoms with Crippen LogP contribution in [0.4, 0.5) is 11.4 Å². The third-order valence-corrected chi connectivity index (χ3v) is 8.65. The molecule has 0 unspecified atom stereocenters. The zero-order chi connectivity index (χ0) is 27.8. The molecule has 1 amide bonds. The molecular formula is C29H47ClN4O4S. The van der Waals surface area contributed by atoms with E-state index in [1.165, 1.54) is 0 Å². The van der Waals surface area contributed by atoms with Crippen LogP contribution in [0.15, 0.2) is 48.5 Å². The van der Waals surface area contributed by atoms with E-state index in [4.69, 9.17) is 0 Å².